The summed E-state index contributed by atoms with van der Waals surface area (Å²) in [5, 5.41) is 12.5. The van der Waals surface area contributed by atoms with Gasteiger partial charge >= 0.3 is 0 Å². The maximum absolute atomic E-state index is 9.23. The lowest BCUT2D eigenvalue weighted by molar-refractivity contribution is 0.245. The van der Waals surface area contributed by atoms with Crippen molar-refractivity contribution in [2.45, 2.75) is 18.4 Å². The van der Waals surface area contributed by atoms with E-state index >= 15 is 0 Å². The summed E-state index contributed by atoms with van der Waals surface area (Å²) in [5.41, 5.74) is 1.25. The van der Waals surface area contributed by atoms with Gasteiger partial charge in [0.1, 0.15) is 5.75 Å². The summed E-state index contributed by atoms with van der Waals surface area (Å²) in [7, 11) is 1.68. The Kier molecular flexibility index (Phi) is 3.23. The van der Waals surface area contributed by atoms with Crippen LogP contribution in [-0.4, -0.2) is 31.4 Å². The average Bonchev–Trinajstić information content (AvgIpc) is 2.77. The Morgan fingerprint density at radius 1 is 1.53 bits per heavy atom. The van der Waals surface area contributed by atoms with Crippen molar-refractivity contribution in [1.82, 2.24) is 5.32 Å². The van der Waals surface area contributed by atoms with E-state index in [-0.39, 0.29) is 12.6 Å². The molecule has 1 fully saturated rings. The predicted molar refractivity (Wildman–Crippen MR) is 59.2 cm³/mol. The monoisotopic (exact) mass is 207 g/mol. The second-order valence-electron chi connectivity index (χ2n) is 3.91. The molecule has 2 rings (SSSR count). The first-order chi connectivity index (χ1) is 7.35. The third-order valence-electron chi connectivity index (χ3n) is 3.07. The summed E-state index contributed by atoms with van der Waals surface area (Å²) in [4.78, 5) is 0. The van der Waals surface area contributed by atoms with Crippen LogP contribution in [0.3, 0.4) is 0 Å². The van der Waals surface area contributed by atoms with Gasteiger partial charge < -0.3 is 15.2 Å². The third-order valence-corrected chi connectivity index (χ3v) is 3.07. The Bertz CT molecular complexity index is 327. The highest BCUT2D eigenvalue weighted by molar-refractivity contribution is 5.32. The average molecular weight is 207 g/mol. The van der Waals surface area contributed by atoms with Gasteiger partial charge in [0.2, 0.25) is 0 Å². The number of nitrogens with one attached hydrogen (secondary N) is 1. The molecule has 0 aliphatic carbocycles. The number of hydrogen-bond donors (Lipinski definition) is 2. The molecule has 82 valence electrons. The van der Waals surface area contributed by atoms with Crippen molar-refractivity contribution in [3.05, 3.63) is 29.8 Å². The van der Waals surface area contributed by atoms with E-state index in [0.29, 0.717) is 5.92 Å². The van der Waals surface area contributed by atoms with Crippen molar-refractivity contribution < 1.29 is 9.84 Å². The highest BCUT2D eigenvalue weighted by Gasteiger charge is 2.27. The molecule has 0 amide bonds. The summed E-state index contributed by atoms with van der Waals surface area (Å²) >= 11 is 0. The Balaban J connectivity index is 2.20. The van der Waals surface area contributed by atoms with E-state index in [1.807, 2.05) is 12.1 Å². The quantitative estimate of drug-likeness (QED) is 0.780. The van der Waals surface area contributed by atoms with E-state index in [1.54, 1.807) is 7.11 Å². The molecular formula is C12H17NO2. The number of aliphatic hydroxyl groups excluding tert-OH is 1. The first-order valence-electron chi connectivity index (χ1n) is 5.33. The minimum absolute atomic E-state index is 0.192. The molecule has 3 nitrogen and oxygen atoms in total. The Labute approximate surface area is 90.1 Å². The van der Waals surface area contributed by atoms with Crippen LogP contribution in [-0.2, 0) is 0 Å². The molecule has 0 spiro atoms. The lowest BCUT2D eigenvalue weighted by Gasteiger charge is -2.18. The van der Waals surface area contributed by atoms with Crippen LogP contribution in [0, 0.1) is 0 Å². The SMILES string of the molecule is COc1cccc([C@@H]2CCN[C@H]2CO)c1. The highest BCUT2D eigenvalue weighted by atomic mass is 16.5. The van der Waals surface area contributed by atoms with Crippen LogP contribution >= 0.6 is 0 Å². The van der Waals surface area contributed by atoms with Gasteiger partial charge in [-0.2, -0.15) is 0 Å². The van der Waals surface area contributed by atoms with Crippen molar-refractivity contribution in [1.29, 1.82) is 0 Å². The van der Waals surface area contributed by atoms with Gasteiger partial charge in [-0.1, -0.05) is 12.1 Å². The molecule has 1 heterocycles. The van der Waals surface area contributed by atoms with Gasteiger partial charge in [-0.3, -0.25) is 0 Å². The van der Waals surface area contributed by atoms with Crippen LogP contribution in [0.1, 0.15) is 17.9 Å². The molecule has 1 saturated heterocycles. The van der Waals surface area contributed by atoms with Crippen LogP contribution in [0.15, 0.2) is 24.3 Å². The van der Waals surface area contributed by atoms with Crippen molar-refractivity contribution in [3.63, 3.8) is 0 Å². The second kappa shape index (κ2) is 4.64. The normalized spacial score (nSPS) is 25.5. The number of benzene rings is 1. The highest BCUT2D eigenvalue weighted by Crippen LogP contribution is 2.29. The number of aliphatic hydroxyl groups is 1. The van der Waals surface area contributed by atoms with E-state index in [9.17, 15) is 5.11 Å². The van der Waals surface area contributed by atoms with Crippen molar-refractivity contribution in [3.8, 4) is 5.75 Å². The van der Waals surface area contributed by atoms with Crippen LogP contribution < -0.4 is 10.1 Å². The second-order valence-corrected chi connectivity index (χ2v) is 3.91. The molecule has 0 radical (unpaired) electrons. The van der Waals surface area contributed by atoms with Gasteiger partial charge in [0.05, 0.1) is 13.7 Å². The van der Waals surface area contributed by atoms with Gasteiger partial charge in [0.25, 0.3) is 0 Å². The van der Waals surface area contributed by atoms with Crippen LogP contribution in [0.5, 0.6) is 5.75 Å². The van der Waals surface area contributed by atoms with Crippen LogP contribution in [0.25, 0.3) is 0 Å². The summed E-state index contributed by atoms with van der Waals surface area (Å²) in [6, 6.07) is 8.29. The molecule has 1 aliphatic heterocycles. The lowest BCUT2D eigenvalue weighted by Crippen LogP contribution is -2.29. The van der Waals surface area contributed by atoms with Crippen LogP contribution in [0.2, 0.25) is 0 Å². The maximum atomic E-state index is 9.23. The molecule has 0 aromatic heterocycles. The minimum Gasteiger partial charge on any atom is -0.497 e. The first kappa shape index (κ1) is 10.5. The summed E-state index contributed by atoms with van der Waals surface area (Å²) in [6.07, 6.45) is 1.08. The summed E-state index contributed by atoms with van der Waals surface area (Å²) < 4.78 is 5.20. The number of rotatable bonds is 3. The number of ether oxygens (including phenoxy) is 1. The molecular weight excluding hydrogens is 190 g/mol. The first-order valence-corrected chi connectivity index (χ1v) is 5.33. The summed E-state index contributed by atoms with van der Waals surface area (Å²) in [5.74, 6) is 1.29. The zero-order valence-corrected chi connectivity index (χ0v) is 8.94. The Hall–Kier alpha value is -1.06. The Morgan fingerprint density at radius 2 is 2.40 bits per heavy atom. The van der Waals surface area contributed by atoms with Crippen molar-refractivity contribution in [2.24, 2.45) is 0 Å². The number of methoxy groups -OCH3 is 1. The molecule has 0 saturated carbocycles. The van der Waals surface area contributed by atoms with E-state index < -0.39 is 0 Å². The zero-order chi connectivity index (χ0) is 10.7. The topological polar surface area (TPSA) is 41.5 Å². The van der Waals surface area contributed by atoms with Gasteiger partial charge in [0.15, 0.2) is 0 Å². The molecule has 2 N–H and O–H groups in total. The third kappa shape index (κ3) is 2.13. The van der Waals surface area contributed by atoms with Crippen LogP contribution in [0.4, 0.5) is 0 Å². The predicted octanol–water partition coefficient (Wildman–Crippen LogP) is 1.13. The molecule has 0 unspecified atom stereocenters. The number of hydrogen-bond acceptors (Lipinski definition) is 3. The molecule has 1 aromatic carbocycles. The molecule has 1 aromatic rings. The molecule has 15 heavy (non-hydrogen) atoms. The van der Waals surface area contributed by atoms with Crippen molar-refractivity contribution in [2.75, 3.05) is 20.3 Å². The maximum Gasteiger partial charge on any atom is 0.119 e. The summed E-state index contributed by atoms with van der Waals surface area (Å²) in [6.45, 7) is 1.18. The molecule has 2 atom stereocenters. The van der Waals surface area contributed by atoms with Gasteiger partial charge in [-0.05, 0) is 30.7 Å². The standard InChI is InChI=1S/C12H17NO2/c1-15-10-4-2-3-9(7-10)11-5-6-13-12(11)8-14/h2-4,7,11-14H,5-6,8H2,1H3/t11-,12-/m0/s1. The molecule has 1 aliphatic rings. The van der Waals surface area contributed by atoms with Gasteiger partial charge in [-0.15, -0.1) is 0 Å². The van der Waals surface area contributed by atoms with Crippen molar-refractivity contribution >= 4 is 0 Å². The largest absolute Gasteiger partial charge is 0.497 e. The van der Waals surface area contributed by atoms with E-state index in [2.05, 4.69) is 17.4 Å². The Morgan fingerprint density at radius 3 is 3.13 bits per heavy atom. The molecule has 3 heteroatoms. The van der Waals surface area contributed by atoms with E-state index in [0.717, 1.165) is 18.7 Å². The van der Waals surface area contributed by atoms with Gasteiger partial charge in [-0.25, -0.2) is 0 Å². The smallest absolute Gasteiger partial charge is 0.119 e. The fourth-order valence-corrected chi connectivity index (χ4v) is 2.23. The van der Waals surface area contributed by atoms with E-state index in [4.69, 9.17) is 4.74 Å². The zero-order valence-electron chi connectivity index (χ0n) is 8.94. The van der Waals surface area contributed by atoms with E-state index in [1.165, 1.54) is 5.56 Å². The lowest BCUT2D eigenvalue weighted by atomic mass is 9.92. The van der Waals surface area contributed by atoms with Gasteiger partial charge in [0, 0.05) is 12.0 Å². The minimum atomic E-state index is 0.192. The fraction of sp³-hybridized carbons (Fsp3) is 0.500. The molecule has 0 bridgehead atoms. The fourth-order valence-electron chi connectivity index (χ4n) is 2.23.